The lowest BCUT2D eigenvalue weighted by Gasteiger charge is -2.23. The fourth-order valence-corrected chi connectivity index (χ4v) is 3.12. The first-order valence-corrected chi connectivity index (χ1v) is 9.26. The maximum Gasteiger partial charge on any atom is 0.269 e. The summed E-state index contributed by atoms with van der Waals surface area (Å²) in [6.07, 6.45) is 0.834. The fraction of sp³-hybridized carbons (Fsp3) is 0.217. The molecule has 0 bridgehead atoms. The highest BCUT2D eigenvalue weighted by atomic mass is 16.6. The second-order valence-electron chi connectivity index (χ2n) is 6.72. The lowest BCUT2D eigenvalue weighted by molar-refractivity contribution is -0.384. The van der Waals surface area contributed by atoms with E-state index in [-0.39, 0.29) is 10.6 Å². The Kier molecular flexibility index (Phi) is 6.76. The van der Waals surface area contributed by atoms with Crippen LogP contribution in [0.2, 0.25) is 0 Å². The monoisotopic (exact) mass is 376 g/mol. The molecule has 0 saturated heterocycles. The topological polar surface area (TPSA) is 55.6 Å². The van der Waals surface area contributed by atoms with Crippen molar-refractivity contribution in [2.24, 2.45) is 0 Å². The summed E-state index contributed by atoms with van der Waals surface area (Å²) < 4.78 is 5.24. The Morgan fingerprint density at radius 2 is 1.39 bits per heavy atom. The number of hydrogen-bond acceptors (Lipinski definition) is 4. The molecule has 3 aromatic carbocycles. The summed E-state index contributed by atoms with van der Waals surface area (Å²) in [5.74, 6) is 0.851. The standard InChI is InChI=1S/C23H24N2O3/c1-28-23-13-9-21(10-14-23)18-24(17-20-5-3-2-4-6-20)16-15-19-7-11-22(12-8-19)25(26)27/h2-14H,15-18H2,1H3. The Labute approximate surface area is 165 Å². The Morgan fingerprint density at radius 3 is 1.96 bits per heavy atom. The molecular formula is C23H24N2O3. The molecule has 0 heterocycles. The Balaban J connectivity index is 1.68. The van der Waals surface area contributed by atoms with E-state index in [2.05, 4.69) is 41.3 Å². The zero-order chi connectivity index (χ0) is 19.8. The molecule has 3 rings (SSSR count). The average Bonchev–Trinajstić information content (AvgIpc) is 2.73. The molecule has 0 saturated carbocycles. The molecule has 144 valence electrons. The number of methoxy groups -OCH3 is 1. The van der Waals surface area contributed by atoms with Gasteiger partial charge in [0.15, 0.2) is 0 Å². The second kappa shape index (κ2) is 9.67. The first-order valence-electron chi connectivity index (χ1n) is 9.26. The summed E-state index contributed by atoms with van der Waals surface area (Å²) in [6.45, 7) is 2.53. The van der Waals surface area contributed by atoms with Crippen molar-refractivity contribution < 1.29 is 9.66 Å². The van der Waals surface area contributed by atoms with Gasteiger partial charge in [-0.15, -0.1) is 0 Å². The highest BCUT2D eigenvalue weighted by Crippen LogP contribution is 2.17. The molecule has 28 heavy (non-hydrogen) atoms. The third kappa shape index (κ3) is 5.66. The SMILES string of the molecule is COc1ccc(CN(CCc2ccc([N+](=O)[O-])cc2)Cc2ccccc2)cc1. The van der Waals surface area contributed by atoms with Crippen LogP contribution in [0.15, 0.2) is 78.9 Å². The fourth-order valence-electron chi connectivity index (χ4n) is 3.12. The zero-order valence-electron chi connectivity index (χ0n) is 16.0. The maximum atomic E-state index is 10.8. The van der Waals surface area contributed by atoms with E-state index >= 15 is 0 Å². The molecule has 0 atom stereocenters. The molecule has 0 aromatic heterocycles. The number of benzene rings is 3. The van der Waals surface area contributed by atoms with Gasteiger partial charge < -0.3 is 4.74 Å². The van der Waals surface area contributed by atoms with Crippen molar-refractivity contribution >= 4 is 5.69 Å². The van der Waals surface area contributed by atoms with Crippen molar-refractivity contribution in [3.8, 4) is 5.75 Å². The van der Waals surface area contributed by atoms with Gasteiger partial charge in [-0.05, 0) is 35.2 Å². The van der Waals surface area contributed by atoms with Crippen LogP contribution in [0, 0.1) is 10.1 Å². The van der Waals surface area contributed by atoms with E-state index in [9.17, 15) is 10.1 Å². The van der Waals surface area contributed by atoms with Crippen molar-refractivity contribution in [2.75, 3.05) is 13.7 Å². The Hall–Kier alpha value is -3.18. The van der Waals surface area contributed by atoms with Gasteiger partial charge in [-0.2, -0.15) is 0 Å². The number of nitro benzene ring substituents is 1. The van der Waals surface area contributed by atoms with Crippen molar-refractivity contribution in [3.63, 3.8) is 0 Å². The smallest absolute Gasteiger partial charge is 0.269 e. The van der Waals surface area contributed by atoms with E-state index in [4.69, 9.17) is 4.74 Å². The van der Waals surface area contributed by atoms with E-state index in [1.54, 1.807) is 19.2 Å². The van der Waals surface area contributed by atoms with Crippen molar-refractivity contribution in [1.29, 1.82) is 0 Å². The highest BCUT2D eigenvalue weighted by Gasteiger charge is 2.09. The maximum absolute atomic E-state index is 10.8. The molecule has 0 spiro atoms. The van der Waals surface area contributed by atoms with Crippen LogP contribution in [-0.2, 0) is 19.5 Å². The molecule has 0 aliphatic rings. The summed E-state index contributed by atoms with van der Waals surface area (Å²) in [5.41, 5.74) is 3.71. The number of non-ortho nitro benzene ring substituents is 1. The minimum absolute atomic E-state index is 0.128. The molecule has 0 unspecified atom stereocenters. The van der Waals surface area contributed by atoms with E-state index in [1.165, 1.54) is 11.1 Å². The predicted octanol–water partition coefficient (Wildman–Crippen LogP) is 4.85. The summed E-state index contributed by atoms with van der Waals surface area (Å²) >= 11 is 0. The molecule has 5 heteroatoms. The lowest BCUT2D eigenvalue weighted by atomic mass is 10.1. The molecule has 0 aliphatic heterocycles. The zero-order valence-corrected chi connectivity index (χ0v) is 16.0. The second-order valence-corrected chi connectivity index (χ2v) is 6.72. The molecule has 5 nitrogen and oxygen atoms in total. The van der Waals surface area contributed by atoms with Crippen LogP contribution in [-0.4, -0.2) is 23.5 Å². The molecule has 0 fully saturated rings. The number of nitro groups is 1. The van der Waals surface area contributed by atoms with Gasteiger partial charge >= 0.3 is 0 Å². The van der Waals surface area contributed by atoms with Gasteiger partial charge in [0, 0.05) is 31.8 Å². The van der Waals surface area contributed by atoms with Crippen LogP contribution in [0.3, 0.4) is 0 Å². The van der Waals surface area contributed by atoms with Crippen LogP contribution in [0.1, 0.15) is 16.7 Å². The largest absolute Gasteiger partial charge is 0.497 e. The first kappa shape index (κ1) is 19.6. The molecule has 0 amide bonds. The van der Waals surface area contributed by atoms with Crippen LogP contribution in [0.4, 0.5) is 5.69 Å². The predicted molar refractivity (Wildman–Crippen MR) is 110 cm³/mol. The van der Waals surface area contributed by atoms with E-state index < -0.39 is 0 Å². The molecule has 0 aliphatic carbocycles. The molecule has 0 N–H and O–H groups in total. The van der Waals surface area contributed by atoms with Crippen LogP contribution in [0.5, 0.6) is 5.75 Å². The minimum Gasteiger partial charge on any atom is -0.497 e. The summed E-state index contributed by atoms with van der Waals surface area (Å²) in [7, 11) is 1.67. The van der Waals surface area contributed by atoms with E-state index in [0.717, 1.165) is 37.4 Å². The normalized spacial score (nSPS) is 10.8. The number of ether oxygens (including phenoxy) is 1. The third-order valence-electron chi connectivity index (χ3n) is 4.68. The molecule has 3 aromatic rings. The van der Waals surface area contributed by atoms with Gasteiger partial charge in [0.25, 0.3) is 5.69 Å². The van der Waals surface area contributed by atoms with E-state index in [0.29, 0.717) is 0 Å². The van der Waals surface area contributed by atoms with Crippen LogP contribution in [0.25, 0.3) is 0 Å². The highest BCUT2D eigenvalue weighted by molar-refractivity contribution is 5.33. The van der Waals surface area contributed by atoms with Crippen molar-refractivity contribution in [1.82, 2.24) is 4.90 Å². The van der Waals surface area contributed by atoms with Gasteiger partial charge in [-0.3, -0.25) is 15.0 Å². The summed E-state index contributed by atoms with van der Waals surface area (Å²) in [4.78, 5) is 12.8. The lowest BCUT2D eigenvalue weighted by Crippen LogP contribution is -2.25. The minimum atomic E-state index is -0.366. The number of hydrogen-bond donors (Lipinski definition) is 0. The van der Waals surface area contributed by atoms with Crippen LogP contribution >= 0.6 is 0 Å². The summed E-state index contributed by atoms with van der Waals surface area (Å²) in [5, 5.41) is 10.8. The van der Waals surface area contributed by atoms with Crippen molar-refractivity contribution in [3.05, 3.63) is 106 Å². The van der Waals surface area contributed by atoms with Gasteiger partial charge in [0.1, 0.15) is 5.75 Å². The number of nitrogens with zero attached hydrogens (tertiary/aromatic N) is 2. The third-order valence-corrected chi connectivity index (χ3v) is 4.68. The first-order chi connectivity index (χ1) is 13.6. The molecule has 0 radical (unpaired) electrons. The Bertz CT molecular complexity index is 878. The summed E-state index contributed by atoms with van der Waals surface area (Å²) in [6, 6.07) is 25.3. The number of rotatable bonds is 9. The van der Waals surface area contributed by atoms with E-state index in [1.807, 2.05) is 30.3 Å². The quantitative estimate of drug-likeness (QED) is 0.396. The molecular weight excluding hydrogens is 352 g/mol. The van der Waals surface area contributed by atoms with Crippen LogP contribution < -0.4 is 4.74 Å². The van der Waals surface area contributed by atoms with Gasteiger partial charge in [-0.1, -0.05) is 54.6 Å². The van der Waals surface area contributed by atoms with Crippen molar-refractivity contribution in [2.45, 2.75) is 19.5 Å². The van der Waals surface area contributed by atoms with Gasteiger partial charge in [-0.25, -0.2) is 0 Å². The Morgan fingerprint density at radius 1 is 0.821 bits per heavy atom. The van der Waals surface area contributed by atoms with Gasteiger partial charge in [0.2, 0.25) is 0 Å². The average molecular weight is 376 g/mol. The van der Waals surface area contributed by atoms with Gasteiger partial charge in [0.05, 0.1) is 12.0 Å².